The first kappa shape index (κ1) is 29.3. The minimum atomic E-state index is -4.89. The molecule has 0 spiro atoms. The largest absolute Gasteiger partial charge is 0.478 e. The summed E-state index contributed by atoms with van der Waals surface area (Å²) in [5, 5.41) is 18.7. The fraction of sp³-hybridized carbons (Fsp3) is 0.185. The lowest BCUT2D eigenvalue weighted by Gasteiger charge is -2.12. The lowest BCUT2D eigenvalue weighted by Crippen LogP contribution is -2.14. The zero-order valence-corrected chi connectivity index (χ0v) is 20.5. The summed E-state index contributed by atoms with van der Waals surface area (Å²) in [4.78, 5) is 22.2. The van der Waals surface area contributed by atoms with Gasteiger partial charge in [-0.15, -0.1) is 0 Å². The Hall–Kier alpha value is -3.75. The van der Waals surface area contributed by atoms with E-state index in [4.69, 9.17) is 5.11 Å². The predicted molar refractivity (Wildman–Crippen MR) is 138 cm³/mol. The Morgan fingerprint density at radius 1 is 0.914 bits per heavy atom. The van der Waals surface area contributed by atoms with Gasteiger partial charge in [0.25, 0.3) is 10.1 Å². The van der Waals surface area contributed by atoms with Crippen LogP contribution in [0.15, 0.2) is 94.9 Å². The monoisotopic (exact) mass is 498 g/mol. The Morgan fingerprint density at radius 3 is 1.80 bits per heavy atom. The molecule has 0 aliphatic rings. The van der Waals surface area contributed by atoms with E-state index in [1.807, 2.05) is 43.3 Å². The van der Waals surface area contributed by atoms with E-state index in [2.05, 4.69) is 6.58 Å². The Balaban J connectivity index is 0.000000642. The van der Waals surface area contributed by atoms with E-state index in [9.17, 15) is 27.7 Å². The van der Waals surface area contributed by atoms with Gasteiger partial charge in [0, 0.05) is 5.57 Å². The first-order valence-electron chi connectivity index (χ1n) is 10.8. The maximum atomic E-state index is 11.9. The van der Waals surface area contributed by atoms with Crippen molar-refractivity contribution in [1.82, 2.24) is 0 Å². The van der Waals surface area contributed by atoms with Crippen LogP contribution in [-0.4, -0.2) is 35.1 Å². The van der Waals surface area contributed by atoms with Gasteiger partial charge in [-0.2, -0.15) is 8.42 Å². The zero-order chi connectivity index (χ0) is 26.4. The lowest BCUT2D eigenvalue weighted by molar-refractivity contribution is -0.133. The maximum Gasteiger partial charge on any atom is 0.337 e. The highest BCUT2D eigenvalue weighted by Crippen LogP contribution is 2.27. The molecule has 0 unspecified atom stereocenters. The van der Waals surface area contributed by atoms with Crippen LogP contribution < -0.4 is 0 Å². The molecule has 2 rings (SSSR count). The van der Waals surface area contributed by atoms with Crippen LogP contribution in [0.5, 0.6) is 0 Å². The van der Waals surface area contributed by atoms with Crippen LogP contribution in [0.4, 0.5) is 0 Å². The maximum absolute atomic E-state index is 11.9. The molecule has 3 N–H and O–H groups in total. The summed E-state index contributed by atoms with van der Waals surface area (Å²) in [5.41, 5.74) is 0.777. The molecule has 2 aromatic rings. The summed E-state index contributed by atoms with van der Waals surface area (Å²) >= 11 is 0. The topological polar surface area (TPSA) is 129 Å². The summed E-state index contributed by atoms with van der Waals surface area (Å²) in [6.45, 7) is 6.77. The lowest BCUT2D eigenvalue weighted by atomic mass is 9.98. The van der Waals surface area contributed by atoms with Crippen molar-refractivity contribution in [3.63, 3.8) is 0 Å². The average molecular weight is 499 g/mol. The van der Waals surface area contributed by atoms with E-state index >= 15 is 0 Å². The van der Waals surface area contributed by atoms with Crippen LogP contribution >= 0.6 is 0 Å². The standard InChI is InChI=1S/C19H22O7S.C8H8/c1-3-4-10-15(11-13(2)18(20)21)17(19(22)23)16(27(24,25)26)12-14-8-6-5-7-9-14;1-2-8-6-4-3-5-7-8/h5-9,11-12H,3-4,10H2,1-2H3,(H,20,21)(H,22,23)(H,24,25,26);2-7H,1H2. The number of hydrogen-bond donors (Lipinski definition) is 3. The van der Waals surface area contributed by atoms with Crippen LogP contribution in [-0.2, 0) is 19.7 Å². The second-order valence-electron chi connectivity index (χ2n) is 7.45. The van der Waals surface area contributed by atoms with E-state index in [1.165, 1.54) is 12.5 Å². The fourth-order valence-electron chi connectivity index (χ4n) is 2.93. The molecule has 0 saturated heterocycles. The van der Waals surface area contributed by atoms with Crippen molar-refractivity contribution in [2.24, 2.45) is 0 Å². The smallest absolute Gasteiger partial charge is 0.337 e. The number of benzene rings is 2. The molecule has 0 aliphatic carbocycles. The molecule has 0 amide bonds. The molecule has 2 aromatic carbocycles. The van der Waals surface area contributed by atoms with E-state index < -0.39 is 32.5 Å². The van der Waals surface area contributed by atoms with E-state index in [1.54, 1.807) is 30.3 Å². The van der Waals surface area contributed by atoms with Crippen LogP contribution in [0.2, 0.25) is 0 Å². The van der Waals surface area contributed by atoms with Gasteiger partial charge in [0.1, 0.15) is 4.91 Å². The second kappa shape index (κ2) is 14.5. The molecule has 0 fully saturated rings. The number of carbonyl (C=O) groups is 2. The Kier molecular flexibility index (Phi) is 12.1. The zero-order valence-electron chi connectivity index (χ0n) is 19.7. The van der Waals surface area contributed by atoms with Crippen LogP contribution in [0.1, 0.15) is 44.2 Å². The summed E-state index contributed by atoms with van der Waals surface area (Å²) in [7, 11) is -4.89. The van der Waals surface area contributed by atoms with Crippen molar-refractivity contribution >= 4 is 34.2 Å². The number of carboxylic acids is 2. The minimum absolute atomic E-state index is 0.0176. The molecule has 0 bridgehead atoms. The van der Waals surface area contributed by atoms with E-state index in [-0.39, 0.29) is 17.6 Å². The number of unbranched alkanes of at least 4 members (excludes halogenated alkanes) is 1. The van der Waals surface area contributed by atoms with Gasteiger partial charge in [-0.05, 0) is 48.6 Å². The first-order chi connectivity index (χ1) is 16.5. The molecule has 0 aromatic heterocycles. The summed E-state index contributed by atoms with van der Waals surface area (Å²) in [6, 6.07) is 18.1. The Bertz CT molecular complexity index is 1210. The van der Waals surface area contributed by atoms with E-state index in [0.717, 1.165) is 12.2 Å². The van der Waals surface area contributed by atoms with Crippen molar-refractivity contribution in [2.45, 2.75) is 33.1 Å². The fourth-order valence-corrected chi connectivity index (χ4v) is 3.69. The van der Waals surface area contributed by atoms with Crippen LogP contribution in [0, 0.1) is 0 Å². The van der Waals surface area contributed by atoms with Gasteiger partial charge in [-0.25, -0.2) is 9.59 Å². The number of allylic oxidation sites excluding steroid dienone is 2. The molecule has 0 radical (unpaired) electrons. The summed E-state index contributed by atoms with van der Waals surface area (Å²) in [6.07, 6.45) is 5.35. The van der Waals surface area contributed by atoms with Crippen LogP contribution in [0.25, 0.3) is 12.2 Å². The molecular formula is C27H30O7S. The predicted octanol–water partition coefficient (Wildman–Crippen LogP) is 5.85. The van der Waals surface area contributed by atoms with Gasteiger partial charge in [-0.3, -0.25) is 4.55 Å². The Labute approximate surface area is 206 Å². The van der Waals surface area contributed by atoms with Gasteiger partial charge in [-0.1, -0.05) is 86.7 Å². The van der Waals surface area contributed by atoms with Gasteiger partial charge in [0.15, 0.2) is 0 Å². The highest BCUT2D eigenvalue weighted by molar-refractivity contribution is 7.90. The first-order valence-corrected chi connectivity index (χ1v) is 12.2. The molecular weight excluding hydrogens is 468 g/mol. The van der Waals surface area contributed by atoms with Gasteiger partial charge in [0.2, 0.25) is 0 Å². The summed E-state index contributed by atoms with van der Waals surface area (Å²) < 4.78 is 33.5. The normalized spacial score (nSPS) is 12.7. The van der Waals surface area contributed by atoms with Crippen molar-refractivity contribution in [2.75, 3.05) is 0 Å². The van der Waals surface area contributed by atoms with Gasteiger partial charge >= 0.3 is 11.9 Å². The molecule has 0 saturated carbocycles. The van der Waals surface area contributed by atoms with Gasteiger partial charge in [0.05, 0.1) is 5.57 Å². The number of rotatable bonds is 10. The summed E-state index contributed by atoms with van der Waals surface area (Å²) in [5.74, 6) is -2.83. The number of carboxylic acid groups (broad SMARTS) is 2. The third-order valence-corrected chi connectivity index (χ3v) is 5.60. The quantitative estimate of drug-likeness (QED) is 0.213. The second-order valence-corrected chi connectivity index (χ2v) is 8.84. The van der Waals surface area contributed by atoms with Crippen molar-refractivity contribution < 1.29 is 32.8 Å². The highest BCUT2D eigenvalue weighted by Gasteiger charge is 2.27. The molecule has 0 aliphatic heterocycles. The highest BCUT2D eigenvalue weighted by atomic mass is 32.2. The SMILES string of the molecule is C=Cc1ccccc1.CCCCC(C=C(C)C(=O)O)=C(C(=O)O)C(=Cc1ccccc1)S(=O)(=O)O. The third-order valence-electron chi connectivity index (χ3n) is 4.72. The molecule has 35 heavy (non-hydrogen) atoms. The van der Waals surface area contributed by atoms with Gasteiger partial charge < -0.3 is 10.2 Å². The third kappa shape index (κ3) is 10.4. The molecule has 0 heterocycles. The minimum Gasteiger partial charge on any atom is -0.478 e. The van der Waals surface area contributed by atoms with E-state index in [0.29, 0.717) is 18.4 Å². The van der Waals surface area contributed by atoms with Crippen molar-refractivity contribution in [3.8, 4) is 0 Å². The van der Waals surface area contributed by atoms with Crippen LogP contribution in [0.3, 0.4) is 0 Å². The molecule has 8 heteroatoms. The number of aliphatic carboxylic acids is 2. The molecule has 7 nitrogen and oxygen atoms in total. The average Bonchev–Trinajstić information content (AvgIpc) is 2.82. The van der Waals surface area contributed by atoms with Crippen molar-refractivity contribution in [3.05, 3.63) is 106 Å². The molecule has 0 atom stereocenters. The Morgan fingerprint density at radius 2 is 1.43 bits per heavy atom. The number of hydrogen-bond acceptors (Lipinski definition) is 4. The molecule has 186 valence electrons. The van der Waals surface area contributed by atoms with Crippen molar-refractivity contribution in [1.29, 1.82) is 0 Å².